The quantitative estimate of drug-likeness (QED) is 0.826. The molecule has 4 heteroatoms. The highest BCUT2D eigenvalue weighted by atomic mass is 35.5. The molecule has 3 nitrogen and oxygen atoms in total. The lowest BCUT2D eigenvalue weighted by Gasteiger charge is -2.26. The number of hydrogen-bond donors (Lipinski definition) is 1. The van der Waals surface area contributed by atoms with Gasteiger partial charge in [-0.2, -0.15) is 0 Å². The van der Waals surface area contributed by atoms with Crippen LogP contribution in [0.2, 0.25) is 5.02 Å². The molecule has 0 atom stereocenters. The zero-order valence-electron chi connectivity index (χ0n) is 11.6. The average molecular weight is 295 g/mol. The minimum Gasteiger partial charge on any atom is -0.481 e. The Hall–Kier alpha value is -1.35. The molecule has 0 aromatic heterocycles. The Morgan fingerprint density at radius 2 is 1.90 bits per heavy atom. The number of halogens is 1. The van der Waals surface area contributed by atoms with Gasteiger partial charge in [0.15, 0.2) is 5.78 Å². The highest BCUT2D eigenvalue weighted by Gasteiger charge is 2.38. The molecule has 1 aromatic rings. The molecular formula is C16H19ClO3. The largest absolute Gasteiger partial charge is 0.481 e. The van der Waals surface area contributed by atoms with E-state index in [0.29, 0.717) is 17.0 Å². The molecule has 2 rings (SSSR count). The van der Waals surface area contributed by atoms with Crippen LogP contribution in [0.15, 0.2) is 18.2 Å². The van der Waals surface area contributed by atoms with Crippen LogP contribution < -0.4 is 0 Å². The van der Waals surface area contributed by atoms with Crippen LogP contribution in [0.5, 0.6) is 0 Å². The number of carboxylic acid groups (broad SMARTS) is 1. The van der Waals surface area contributed by atoms with Gasteiger partial charge >= 0.3 is 5.97 Å². The highest BCUT2D eigenvalue weighted by Crippen LogP contribution is 2.44. The second kappa shape index (κ2) is 5.96. The van der Waals surface area contributed by atoms with Crippen LogP contribution in [-0.2, 0) is 4.79 Å². The zero-order chi connectivity index (χ0) is 14.8. The van der Waals surface area contributed by atoms with Gasteiger partial charge in [-0.1, -0.05) is 24.4 Å². The van der Waals surface area contributed by atoms with Crippen molar-refractivity contribution < 1.29 is 14.7 Å². The molecule has 0 spiro atoms. The Bertz CT molecular complexity index is 531. The third kappa shape index (κ3) is 3.40. The summed E-state index contributed by atoms with van der Waals surface area (Å²) in [6.07, 6.45) is 4.10. The van der Waals surface area contributed by atoms with Gasteiger partial charge in [-0.25, -0.2) is 0 Å². The smallest absolute Gasteiger partial charge is 0.303 e. The van der Waals surface area contributed by atoms with Crippen LogP contribution in [0.1, 0.15) is 54.4 Å². The number of hydrogen-bond acceptors (Lipinski definition) is 2. The highest BCUT2D eigenvalue weighted by molar-refractivity contribution is 6.30. The topological polar surface area (TPSA) is 54.4 Å². The predicted octanol–water partition coefficient (Wildman–Crippen LogP) is 4.26. The van der Waals surface area contributed by atoms with Gasteiger partial charge in [0.2, 0.25) is 0 Å². The van der Waals surface area contributed by atoms with E-state index in [4.69, 9.17) is 16.7 Å². The van der Waals surface area contributed by atoms with Crippen LogP contribution in [0.25, 0.3) is 0 Å². The molecule has 1 aliphatic rings. The van der Waals surface area contributed by atoms with Crippen LogP contribution in [0.4, 0.5) is 0 Å². The van der Waals surface area contributed by atoms with Gasteiger partial charge in [0.05, 0.1) is 6.42 Å². The Morgan fingerprint density at radius 3 is 2.45 bits per heavy atom. The molecule has 0 radical (unpaired) electrons. The van der Waals surface area contributed by atoms with E-state index in [9.17, 15) is 9.59 Å². The standard InChI is InChI=1S/C16H19ClO3/c1-11-8-12(17)4-5-13(11)14(18)9-16(10-15(19)20)6-2-3-7-16/h4-5,8H,2-3,6-7,9-10H2,1H3,(H,19,20). The first-order valence-electron chi connectivity index (χ1n) is 6.93. The number of aryl methyl sites for hydroxylation is 1. The Labute approximate surface area is 123 Å². The van der Waals surface area contributed by atoms with Crippen molar-refractivity contribution >= 4 is 23.4 Å². The third-order valence-electron chi connectivity index (χ3n) is 4.21. The third-order valence-corrected chi connectivity index (χ3v) is 4.45. The number of carboxylic acids is 1. The molecule has 1 fully saturated rings. The zero-order valence-corrected chi connectivity index (χ0v) is 12.4. The molecule has 20 heavy (non-hydrogen) atoms. The van der Waals surface area contributed by atoms with Crippen LogP contribution in [-0.4, -0.2) is 16.9 Å². The SMILES string of the molecule is Cc1cc(Cl)ccc1C(=O)CC1(CC(=O)O)CCCC1. The number of aliphatic carboxylic acids is 1. The molecule has 108 valence electrons. The molecule has 1 saturated carbocycles. The molecule has 0 saturated heterocycles. The molecule has 1 aromatic carbocycles. The first-order chi connectivity index (χ1) is 9.42. The monoisotopic (exact) mass is 294 g/mol. The lowest BCUT2D eigenvalue weighted by Crippen LogP contribution is -2.25. The second-order valence-electron chi connectivity index (χ2n) is 5.84. The van der Waals surface area contributed by atoms with Crippen molar-refractivity contribution in [2.45, 2.75) is 45.4 Å². The van der Waals surface area contributed by atoms with Gasteiger partial charge in [-0.15, -0.1) is 0 Å². The van der Waals surface area contributed by atoms with E-state index < -0.39 is 5.97 Å². The Morgan fingerprint density at radius 1 is 1.25 bits per heavy atom. The maximum Gasteiger partial charge on any atom is 0.303 e. The van der Waals surface area contributed by atoms with E-state index in [1.165, 1.54) is 0 Å². The van der Waals surface area contributed by atoms with Crippen LogP contribution in [0, 0.1) is 12.3 Å². The summed E-state index contributed by atoms with van der Waals surface area (Å²) >= 11 is 5.90. The van der Waals surface area contributed by atoms with Crippen molar-refractivity contribution in [1.82, 2.24) is 0 Å². The summed E-state index contributed by atoms with van der Waals surface area (Å²) in [4.78, 5) is 23.5. The minimum absolute atomic E-state index is 0.0299. The van der Waals surface area contributed by atoms with Gasteiger partial charge in [0.25, 0.3) is 0 Å². The minimum atomic E-state index is -0.812. The van der Waals surface area contributed by atoms with Crippen molar-refractivity contribution in [2.24, 2.45) is 5.41 Å². The molecule has 0 bridgehead atoms. The first kappa shape index (κ1) is 15.0. The molecule has 1 aliphatic carbocycles. The van der Waals surface area contributed by atoms with Gasteiger partial charge < -0.3 is 5.11 Å². The molecule has 1 N–H and O–H groups in total. The van der Waals surface area contributed by atoms with Gasteiger partial charge in [0.1, 0.15) is 0 Å². The number of ketones is 1. The van der Waals surface area contributed by atoms with Gasteiger partial charge in [0, 0.05) is 17.0 Å². The first-order valence-corrected chi connectivity index (χ1v) is 7.31. The van der Waals surface area contributed by atoms with Crippen molar-refractivity contribution in [1.29, 1.82) is 0 Å². The summed E-state index contributed by atoms with van der Waals surface area (Å²) < 4.78 is 0. The lowest BCUT2D eigenvalue weighted by atomic mass is 9.77. The molecule has 0 amide bonds. The van der Waals surface area contributed by atoms with E-state index >= 15 is 0 Å². The van der Waals surface area contributed by atoms with Crippen molar-refractivity contribution in [3.63, 3.8) is 0 Å². The number of benzene rings is 1. The molecular weight excluding hydrogens is 276 g/mol. The summed E-state index contributed by atoms with van der Waals surface area (Å²) in [5, 5.41) is 9.70. The number of Topliss-reactive ketones (excluding diaryl/α,β-unsaturated/α-hetero) is 1. The van der Waals surface area contributed by atoms with E-state index in [0.717, 1.165) is 31.2 Å². The summed E-state index contributed by atoms with van der Waals surface area (Å²) in [5.41, 5.74) is 1.16. The Kier molecular flexibility index (Phi) is 4.48. The van der Waals surface area contributed by atoms with Gasteiger partial charge in [-0.05, 0) is 48.9 Å². The normalized spacial score (nSPS) is 17.1. The average Bonchev–Trinajstić information content (AvgIpc) is 2.75. The lowest BCUT2D eigenvalue weighted by molar-refractivity contribution is -0.139. The van der Waals surface area contributed by atoms with Crippen molar-refractivity contribution in [3.05, 3.63) is 34.3 Å². The summed E-state index contributed by atoms with van der Waals surface area (Å²) in [5.74, 6) is -0.783. The molecule has 0 heterocycles. The fourth-order valence-corrected chi connectivity index (χ4v) is 3.46. The number of rotatable bonds is 5. The number of carbonyl (C=O) groups is 2. The molecule has 0 unspecified atom stereocenters. The fourth-order valence-electron chi connectivity index (χ4n) is 3.24. The van der Waals surface area contributed by atoms with E-state index in [-0.39, 0.29) is 17.6 Å². The summed E-state index contributed by atoms with van der Waals surface area (Å²) in [6, 6.07) is 5.22. The maximum absolute atomic E-state index is 12.5. The predicted molar refractivity (Wildman–Crippen MR) is 78.3 cm³/mol. The van der Waals surface area contributed by atoms with Crippen LogP contribution >= 0.6 is 11.6 Å². The number of carbonyl (C=O) groups excluding carboxylic acids is 1. The van der Waals surface area contributed by atoms with E-state index in [2.05, 4.69) is 0 Å². The second-order valence-corrected chi connectivity index (χ2v) is 6.27. The van der Waals surface area contributed by atoms with E-state index in [1.54, 1.807) is 18.2 Å². The van der Waals surface area contributed by atoms with E-state index in [1.807, 2.05) is 6.92 Å². The maximum atomic E-state index is 12.5. The van der Waals surface area contributed by atoms with Crippen molar-refractivity contribution in [3.8, 4) is 0 Å². The Balaban J connectivity index is 2.18. The van der Waals surface area contributed by atoms with Crippen molar-refractivity contribution in [2.75, 3.05) is 0 Å². The molecule has 0 aliphatic heterocycles. The summed E-state index contributed by atoms with van der Waals surface area (Å²) in [6.45, 7) is 1.86. The van der Waals surface area contributed by atoms with Gasteiger partial charge in [-0.3, -0.25) is 9.59 Å². The fraction of sp³-hybridized carbons (Fsp3) is 0.500. The summed E-state index contributed by atoms with van der Waals surface area (Å²) in [7, 11) is 0. The van der Waals surface area contributed by atoms with Crippen LogP contribution in [0.3, 0.4) is 0 Å².